The fourth-order valence-corrected chi connectivity index (χ4v) is 2.84. The van der Waals surface area contributed by atoms with E-state index < -0.39 is 0 Å². The number of likely N-dealkylation sites (tertiary alicyclic amines) is 1. The van der Waals surface area contributed by atoms with Crippen LogP contribution in [0.25, 0.3) is 0 Å². The highest BCUT2D eigenvalue weighted by Crippen LogP contribution is 2.28. The van der Waals surface area contributed by atoms with Crippen molar-refractivity contribution < 1.29 is 4.79 Å². The molecule has 1 heterocycles. The van der Waals surface area contributed by atoms with Gasteiger partial charge in [-0.3, -0.25) is 4.79 Å². The quantitative estimate of drug-likeness (QED) is 0.817. The first kappa shape index (κ1) is 14.5. The largest absolute Gasteiger partial charge is 0.335 e. The molecule has 0 bridgehead atoms. The van der Waals surface area contributed by atoms with E-state index in [1.807, 2.05) is 20.9 Å². The minimum atomic E-state index is 0.105. The van der Waals surface area contributed by atoms with Crippen LogP contribution in [0.4, 0.5) is 0 Å². The van der Waals surface area contributed by atoms with E-state index in [1.165, 1.54) is 6.42 Å². The highest BCUT2D eigenvalue weighted by Gasteiger charge is 2.35. The molecule has 1 aliphatic rings. The Labute approximate surface area is 106 Å². The summed E-state index contributed by atoms with van der Waals surface area (Å²) in [6, 6.07) is 0.813. The molecule has 0 saturated carbocycles. The zero-order valence-corrected chi connectivity index (χ0v) is 12.0. The summed E-state index contributed by atoms with van der Waals surface area (Å²) in [4.78, 5) is 14.6. The first-order valence-electron chi connectivity index (χ1n) is 6.95. The van der Waals surface area contributed by atoms with E-state index in [1.54, 1.807) is 0 Å². The fraction of sp³-hybridized carbons (Fsp3) is 0.929. The SMILES string of the molecule is CNCC1CCCC(C(C)C)N1C(=O)C(C)C. The molecule has 0 aromatic carbocycles. The summed E-state index contributed by atoms with van der Waals surface area (Å²) in [6.07, 6.45) is 3.55. The van der Waals surface area contributed by atoms with Crippen molar-refractivity contribution in [2.75, 3.05) is 13.6 Å². The van der Waals surface area contributed by atoms with Crippen molar-refractivity contribution in [2.45, 2.75) is 59.0 Å². The maximum atomic E-state index is 12.4. The maximum absolute atomic E-state index is 12.4. The molecule has 1 N–H and O–H groups in total. The van der Waals surface area contributed by atoms with Crippen LogP contribution in [0.5, 0.6) is 0 Å². The minimum Gasteiger partial charge on any atom is -0.335 e. The van der Waals surface area contributed by atoms with Gasteiger partial charge in [-0.15, -0.1) is 0 Å². The molecule has 0 aliphatic carbocycles. The predicted molar refractivity (Wildman–Crippen MR) is 71.9 cm³/mol. The van der Waals surface area contributed by atoms with Crippen LogP contribution in [-0.4, -0.2) is 36.5 Å². The molecule has 0 aromatic rings. The van der Waals surface area contributed by atoms with Crippen LogP contribution in [0.2, 0.25) is 0 Å². The number of nitrogens with one attached hydrogen (secondary N) is 1. The van der Waals surface area contributed by atoms with Gasteiger partial charge in [-0.05, 0) is 32.2 Å². The maximum Gasteiger partial charge on any atom is 0.225 e. The Morgan fingerprint density at radius 2 is 1.94 bits per heavy atom. The molecule has 0 radical (unpaired) electrons. The van der Waals surface area contributed by atoms with E-state index in [9.17, 15) is 4.79 Å². The molecule has 3 heteroatoms. The lowest BCUT2D eigenvalue weighted by Crippen LogP contribution is -2.56. The number of hydrogen-bond donors (Lipinski definition) is 1. The van der Waals surface area contributed by atoms with Crippen LogP contribution < -0.4 is 5.32 Å². The van der Waals surface area contributed by atoms with Gasteiger partial charge in [-0.2, -0.15) is 0 Å². The summed E-state index contributed by atoms with van der Waals surface area (Å²) in [5, 5.41) is 3.23. The summed E-state index contributed by atoms with van der Waals surface area (Å²) in [5.41, 5.74) is 0. The Balaban J connectivity index is 2.87. The summed E-state index contributed by atoms with van der Waals surface area (Å²) in [7, 11) is 1.97. The van der Waals surface area contributed by atoms with Crippen molar-refractivity contribution in [1.82, 2.24) is 10.2 Å². The van der Waals surface area contributed by atoms with Crippen LogP contribution >= 0.6 is 0 Å². The zero-order chi connectivity index (χ0) is 13.0. The van der Waals surface area contributed by atoms with Crippen molar-refractivity contribution in [3.05, 3.63) is 0 Å². The van der Waals surface area contributed by atoms with Crippen molar-refractivity contribution in [3.63, 3.8) is 0 Å². The topological polar surface area (TPSA) is 32.3 Å². The Hall–Kier alpha value is -0.570. The number of hydrogen-bond acceptors (Lipinski definition) is 2. The molecule has 17 heavy (non-hydrogen) atoms. The average Bonchev–Trinajstić information content (AvgIpc) is 2.28. The van der Waals surface area contributed by atoms with Gasteiger partial charge >= 0.3 is 0 Å². The third-order valence-corrected chi connectivity index (χ3v) is 3.75. The standard InChI is InChI=1S/C14H28N2O/c1-10(2)13-8-6-7-12(9-15-5)16(13)14(17)11(3)4/h10-13,15H,6-9H2,1-5H3. The molecule has 2 atom stereocenters. The van der Waals surface area contributed by atoms with Gasteiger partial charge in [0.05, 0.1) is 0 Å². The third kappa shape index (κ3) is 3.44. The number of nitrogens with zero attached hydrogens (tertiary/aromatic N) is 1. The van der Waals surface area contributed by atoms with E-state index >= 15 is 0 Å². The second-order valence-corrected chi connectivity index (χ2v) is 5.85. The normalized spacial score (nSPS) is 25.7. The number of carbonyl (C=O) groups excluding carboxylic acids is 1. The van der Waals surface area contributed by atoms with Crippen LogP contribution in [-0.2, 0) is 4.79 Å². The van der Waals surface area contributed by atoms with Crippen LogP contribution in [0, 0.1) is 11.8 Å². The molecule has 2 unspecified atom stereocenters. The van der Waals surface area contributed by atoms with Gasteiger partial charge in [0.2, 0.25) is 5.91 Å². The van der Waals surface area contributed by atoms with E-state index in [0.29, 0.717) is 23.9 Å². The van der Waals surface area contributed by atoms with Gasteiger partial charge in [0.25, 0.3) is 0 Å². The van der Waals surface area contributed by atoms with Gasteiger partial charge < -0.3 is 10.2 Å². The lowest BCUT2D eigenvalue weighted by Gasteiger charge is -2.45. The lowest BCUT2D eigenvalue weighted by molar-refractivity contribution is -0.143. The van der Waals surface area contributed by atoms with Crippen molar-refractivity contribution in [1.29, 1.82) is 0 Å². The number of likely N-dealkylation sites (N-methyl/N-ethyl adjacent to an activating group) is 1. The fourth-order valence-electron chi connectivity index (χ4n) is 2.84. The number of piperidine rings is 1. The smallest absolute Gasteiger partial charge is 0.225 e. The van der Waals surface area contributed by atoms with Gasteiger partial charge in [0, 0.05) is 24.5 Å². The van der Waals surface area contributed by atoms with Gasteiger partial charge in [0.1, 0.15) is 0 Å². The first-order valence-corrected chi connectivity index (χ1v) is 6.95. The molecule has 0 aromatic heterocycles. The van der Waals surface area contributed by atoms with Crippen molar-refractivity contribution >= 4 is 5.91 Å². The van der Waals surface area contributed by atoms with E-state index in [2.05, 4.69) is 24.1 Å². The van der Waals surface area contributed by atoms with Crippen LogP contribution in [0.1, 0.15) is 47.0 Å². The van der Waals surface area contributed by atoms with E-state index in [4.69, 9.17) is 0 Å². The van der Waals surface area contributed by atoms with Crippen molar-refractivity contribution in [2.24, 2.45) is 11.8 Å². The van der Waals surface area contributed by atoms with Crippen LogP contribution in [0.3, 0.4) is 0 Å². The Morgan fingerprint density at radius 3 is 2.41 bits per heavy atom. The highest BCUT2D eigenvalue weighted by molar-refractivity contribution is 5.79. The molecular weight excluding hydrogens is 212 g/mol. The Morgan fingerprint density at radius 1 is 1.29 bits per heavy atom. The number of rotatable bonds is 4. The number of amides is 1. The van der Waals surface area contributed by atoms with Crippen molar-refractivity contribution in [3.8, 4) is 0 Å². The second kappa shape index (κ2) is 6.39. The molecular formula is C14H28N2O. The summed E-state index contributed by atoms with van der Waals surface area (Å²) < 4.78 is 0. The van der Waals surface area contributed by atoms with E-state index in [0.717, 1.165) is 19.4 Å². The molecule has 1 fully saturated rings. The number of carbonyl (C=O) groups is 1. The molecule has 3 nitrogen and oxygen atoms in total. The Bertz CT molecular complexity index is 249. The Kier molecular flexibility index (Phi) is 5.44. The molecule has 1 amide bonds. The summed E-state index contributed by atoms with van der Waals surface area (Å²) >= 11 is 0. The monoisotopic (exact) mass is 240 g/mol. The summed E-state index contributed by atoms with van der Waals surface area (Å²) in [6.45, 7) is 9.39. The zero-order valence-electron chi connectivity index (χ0n) is 12.0. The van der Waals surface area contributed by atoms with Gasteiger partial charge in [0.15, 0.2) is 0 Å². The highest BCUT2D eigenvalue weighted by atomic mass is 16.2. The second-order valence-electron chi connectivity index (χ2n) is 5.85. The van der Waals surface area contributed by atoms with Crippen LogP contribution in [0.15, 0.2) is 0 Å². The minimum absolute atomic E-state index is 0.105. The van der Waals surface area contributed by atoms with Gasteiger partial charge in [-0.25, -0.2) is 0 Å². The third-order valence-electron chi connectivity index (χ3n) is 3.75. The van der Waals surface area contributed by atoms with E-state index in [-0.39, 0.29) is 5.92 Å². The molecule has 1 rings (SSSR count). The van der Waals surface area contributed by atoms with Gasteiger partial charge in [-0.1, -0.05) is 27.7 Å². The first-order chi connectivity index (χ1) is 7.99. The molecule has 1 saturated heterocycles. The molecule has 0 spiro atoms. The summed E-state index contributed by atoms with van der Waals surface area (Å²) in [5.74, 6) is 0.981. The average molecular weight is 240 g/mol. The molecule has 1 aliphatic heterocycles. The lowest BCUT2D eigenvalue weighted by atomic mass is 9.87. The molecule has 100 valence electrons. The predicted octanol–water partition coefficient (Wildman–Crippen LogP) is 2.27.